The number of nitrogens with one attached hydrogen (secondary N) is 2. The largest absolute Gasteiger partial charge is 0.496 e. The lowest BCUT2D eigenvalue weighted by Gasteiger charge is -2.19. The molecule has 1 amide bonds. The molecule has 0 spiro atoms. The molecule has 0 aliphatic rings. The Kier molecular flexibility index (Phi) is 6.84. The van der Waals surface area contributed by atoms with Crippen LogP contribution < -0.4 is 15.6 Å². The Labute approximate surface area is 136 Å². The van der Waals surface area contributed by atoms with Crippen LogP contribution in [0.4, 0.5) is 4.79 Å². The quantitative estimate of drug-likeness (QED) is 0.473. The SMILES string of the molecule is COC(=O)c1ccc(CCNNC(=O)OC(C)(C)C)cc1OC. The smallest absolute Gasteiger partial charge is 0.422 e. The molecule has 0 aliphatic carbocycles. The first-order chi connectivity index (χ1) is 10.8. The van der Waals surface area contributed by atoms with Crippen molar-refractivity contribution < 1.29 is 23.8 Å². The summed E-state index contributed by atoms with van der Waals surface area (Å²) in [6.07, 6.45) is 0.101. The zero-order chi connectivity index (χ0) is 17.5. The number of esters is 1. The predicted octanol–water partition coefficient (Wildman–Crippen LogP) is 2.05. The number of ether oxygens (including phenoxy) is 3. The van der Waals surface area contributed by atoms with E-state index in [0.29, 0.717) is 24.3 Å². The second kappa shape index (κ2) is 8.38. The summed E-state index contributed by atoms with van der Waals surface area (Å²) in [5, 5.41) is 0. The van der Waals surface area contributed by atoms with Gasteiger partial charge in [0.05, 0.1) is 14.2 Å². The van der Waals surface area contributed by atoms with Gasteiger partial charge in [-0.05, 0) is 44.9 Å². The van der Waals surface area contributed by atoms with Gasteiger partial charge < -0.3 is 14.2 Å². The zero-order valence-corrected chi connectivity index (χ0v) is 14.2. The second-order valence-corrected chi connectivity index (χ2v) is 5.83. The van der Waals surface area contributed by atoms with Crippen molar-refractivity contribution in [3.8, 4) is 5.75 Å². The number of rotatable bonds is 6. The van der Waals surface area contributed by atoms with E-state index in [1.165, 1.54) is 14.2 Å². The van der Waals surface area contributed by atoms with Crippen LogP contribution >= 0.6 is 0 Å². The molecular weight excluding hydrogens is 300 g/mol. The van der Waals surface area contributed by atoms with Crippen molar-refractivity contribution >= 4 is 12.1 Å². The van der Waals surface area contributed by atoms with Gasteiger partial charge in [-0.25, -0.2) is 15.0 Å². The third kappa shape index (κ3) is 6.56. The maximum atomic E-state index is 11.6. The third-order valence-electron chi connectivity index (χ3n) is 2.80. The van der Waals surface area contributed by atoms with Crippen LogP contribution in [0, 0.1) is 0 Å². The Hall–Kier alpha value is -2.28. The van der Waals surface area contributed by atoms with Crippen molar-refractivity contribution in [3.63, 3.8) is 0 Å². The number of hydrazine groups is 1. The predicted molar refractivity (Wildman–Crippen MR) is 85.4 cm³/mol. The van der Waals surface area contributed by atoms with Gasteiger partial charge in [0, 0.05) is 6.54 Å². The molecule has 23 heavy (non-hydrogen) atoms. The number of amides is 1. The number of methoxy groups -OCH3 is 2. The summed E-state index contributed by atoms with van der Waals surface area (Å²) < 4.78 is 15.0. The Morgan fingerprint density at radius 3 is 2.43 bits per heavy atom. The number of benzene rings is 1. The van der Waals surface area contributed by atoms with E-state index in [1.54, 1.807) is 32.9 Å². The van der Waals surface area contributed by atoms with Gasteiger partial charge in [0.2, 0.25) is 0 Å². The zero-order valence-electron chi connectivity index (χ0n) is 14.2. The number of carbonyl (C=O) groups is 2. The molecule has 0 unspecified atom stereocenters. The van der Waals surface area contributed by atoms with Gasteiger partial charge in [-0.2, -0.15) is 0 Å². The average Bonchev–Trinajstić information content (AvgIpc) is 2.48. The highest BCUT2D eigenvalue weighted by atomic mass is 16.6. The summed E-state index contributed by atoms with van der Waals surface area (Å²) in [7, 11) is 2.82. The lowest BCUT2D eigenvalue weighted by molar-refractivity contribution is 0.0497. The fourth-order valence-corrected chi connectivity index (χ4v) is 1.81. The number of carbonyl (C=O) groups excluding carboxylic acids is 2. The van der Waals surface area contributed by atoms with Crippen molar-refractivity contribution in [1.82, 2.24) is 10.9 Å². The molecule has 1 aromatic carbocycles. The van der Waals surface area contributed by atoms with Crippen molar-refractivity contribution in [2.75, 3.05) is 20.8 Å². The van der Waals surface area contributed by atoms with Crippen LogP contribution in [-0.4, -0.2) is 38.4 Å². The maximum absolute atomic E-state index is 11.6. The Balaban J connectivity index is 2.50. The molecule has 0 aromatic heterocycles. The fourth-order valence-electron chi connectivity index (χ4n) is 1.81. The molecule has 7 nitrogen and oxygen atoms in total. The first kappa shape index (κ1) is 18.8. The average molecular weight is 324 g/mol. The summed E-state index contributed by atoms with van der Waals surface area (Å²) in [4.78, 5) is 23.0. The molecule has 0 saturated heterocycles. The van der Waals surface area contributed by atoms with E-state index in [2.05, 4.69) is 10.9 Å². The number of hydrogen-bond donors (Lipinski definition) is 2. The summed E-state index contributed by atoms with van der Waals surface area (Å²) in [5.74, 6) is 0.00701. The minimum absolute atomic E-state index is 0.374. The highest BCUT2D eigenvalue weighted by Crippen LogP contribution is 2.21. The molecule has 0 radical (unpaired) electrons. The van der Waals surface area contributed by atoms with E-state index < -0.39 is 17.7 Å². The monoisotopic (exact) mass is 324 g/mol. The summed E-state index contributed by atoms with van der Waals surface area (Å²) in [5.41, 5.74) is 6.03. The molecule has 2 N–H and O–H groups in total. The van der Waals surface area contributed by atoms with E-state index in [-0.39, 0.29) is 0 Å². The van der Waals surface area contributed by atoms with Crippen LogP contribution in [0.1, 0.15) is 36.7 Å². The normalized spacial score (nSPS) is 10.8. The molecule has 0 bridgehead atoms. The maximum Gasteiger partial charge on any atom is 0.422 e. The van der Waals surface area contributed by atoms with E-state index in [1.807, 2.05) is 6.07 Å². The van der Waals surface area contributed by atoms with Crippen LogP contribution in [0.5, 0.6) is 5.75 Å². The third-order valence-corrected chi connectivity index (χ3v) is 2.80. The summed E-state index contributed by atoms with van der Waals surface area (Å²) in [6, 6.07) is 5.23. The lowest BCUT2D eigenvalue weighted by atomic mass is 10.1. The van der Waals surface area contributed by atoms with Gasteiger partial charge in [-0.1, -0.05) is 6.07 Å². The second-order valence-electron chi connectivity index (χ2n) is 5.83. The van der Waals surface area contributed by atoms with Crippen molar-refractivity contribution in [3.05, 3.63) is 29.3 Å². The molecule has 0 fully saturated rings. The van der Waals surface area contributed by atoms with Gasteiger partial charge in [-0.15, -0.1) is 0 Å². The molecule has 1 rings (SSSR count). The summed E-state index contributed by atoms with van der Waals surface area (Å²) >= 11 is 0. The standard InChI is InChI=1S/C16H24N2O5/c1-16(2,3)23-15(20)18-17-9-8-11-6-7-12(14(19)22-5)13(10-11)21-4/h6-7,10,17H,8-9H2,1-5H3,(H,18,20). The molecule has 128 valence electrons. The van der Waals surface area contributed by atoms with Gasteiger partial charge in [0.1, 0.15) is 16.9 Å². The van der Waals surface area contributed by atoms with Crippen LogP contribution in [0.3, 0.4) is 0 Å². The molecule has 1 aromatic rings. The van der Waals surface area contributed by atoms with Crippen LogP contribution in [-0.2, 0) is 15.9 Å². The molecule has 0 aliphatic heterocycles. The van der Waals surface area contributed by atoms with E-state index in [9.17, 15) is 9.59 Å². The Bertz CT molecular complexity index is 552. The molecular formula is C16H24N2O5. The first-order valence-corrected chi connectivity index (χ1v) is 7.24. The lowest BCUT2D eigenvalue weighted by Crippen LogP contribution is -2.41. The van der Waals surface area contributed by atoms with E-state index >= 15 is 0 Å². The van der Waals surface area contributed by atoms with Crippen LogP contribution in [0.15, 0.2) is 18.2 Å². The van der Waals surface area contributed by atoms with E-state index in [4.69, 9.17) is 14.2 Å². The Morgan fingerprint density at radius 1 is 1.17 bits per heavy atom. The first-order valence-electron chi connectivity index (χ1n) is 7.24. The molecule has 7 heteroatoms. The molecule has 0 saturated carbocycles. The molecule has 0 heterocycles. The van der Waals surface area contributed by atoms with Gasteiger partial charge in [0.15, 0.2) is 0 Å². The van der Waals surface area contributed by atoms with Crippen molar-refractivity contribution in [2.24, 2.45) is 0 Å². The van der Waals surface area contributed by atoms with Gasteiger partial charge >= 0.3 is 12.1 Å². The highest BCUT2D eigenvalue weighted by Gasteiger charge is 2.16. The fraction of sp³-hybridized carbons (Fsp3) is 0.500. The Morgan fingerprint density at radius 2 is 1.87 bits per heavy atom. The highest BCUT2D eigenvalue weighted by molar-refractivity contribution is 5.92. The van der Waals surface area contributed by atoms with Crippen molar-refractivity contribution in [2.45, 2.75) is 32.8 Å². The van der Waals surface area contributed by atoms with E-state index in [0.717, 1.165) is 5.56 Å². The van der Waals surface area contributed by atoms with Crippen molar-refractivity contribution in [1.29, 1.82) is 0 Å². The van der Waals surface area contributed by atoms with Gasteiger partial charge in [0.25, 0.3) is 0 Å². The van der Waals surface area contributed by atoms with Crippen LogP contribution in [0.25, 0.3) is 0 Å². The minimum Gasteiger partial charge on any atom is -0.496 e. The molecule has 0 atom stereocenters. The topological polar surface area (TPSA) is 85.9 Å². The number of hydrogen-bond acceptors (Lipinski definition) is 6. The summed E-state index contributed by atoms with van der Waals surface area (Å²) in [6.45, 7) is 5.88. The van der Waals surface area contributed by atoms with Crippen LogP contribution in [0.2, 0.25) is 0 Å². The van der Waals surface area contributed by atoms with Gasteiger partial charge in [-0.3, -0.25) is 5.43 Å². The minimum atomic E-state index is -0.539.